The lowest BCUT2D eigenvalue weighted by molar-refractivity contribution is 0.314. The van der Waals surface area contributed by atoms with Crippen molar-refractivity contribution in [2.24, 2.45) is 5.92 Å². The van der Waals surface area contributed by atoms with Gasteiger partial charge in [0.25, 0.3) is 0 Å². The number of halogens is 2. The average molecular weight is 489 g/mol. The first-order chi connectivity index (χ1) is 17.6. The Kier molecular flexibility index (Phi) is 9.33. The molecule has 0 unspecified atom stereocenters. The fourth-order valence-corrected chi connectivity index (χ4v) is 5.22. The van der Waals surface area contributed by atoms with Gasteiger partial charge in [-0.15, -0.1) is 0 Å². The zero-order valence-electron chi connectivity index (χ0n) is 21.6. The van der Waals surface area contributed by atoms with E-state index in [-0.39, 0.29) is 11.3 Å². The molecular formula is C33H38F2O. The second-order valence-corrected chi connectivity index (χ2v) is 9.96. The number of hydrogen-bond donors (Lipinski definition) is 0. The number of unbranched alkanes of at least 4 members (excludes halogenated alkanes) is 2. The van der Waals surface area contributed by atoms with Crippen LogP contribution in [0.4, 0.5) is 8.78 Å². The van der Waals surface area contributed by atoms with E-state index in [0.717, 1.165) is 32.1 Å². The summed E-state index contributed by atoms with van der Waals surface area (Å²) in [4.78, 5) is 0. The normalized spacial score (nSPS) is 18.0. The van der Waals surface area contributed by atoms with E-state index in [1.165, 1.54) is 47.6 Å². The molecule has 0 aromatic heterocycles. The molecule has 0 atom stereocenters. The molecule has 1 aliphatic rings. The zero-order chi connectivity index (χ0) is 25.3. The molecule has 3 aromatic rings. The first-order valence-electron chi connectivity index (χ1n) is 13.6. The highest BCUT2D eigenvalue weighted by atomic mass is 19.2. The van der Waals surface area contributed by atoms with Gasteiger partial charge < -0.3 is 4.74 Å². The summed E-state index contributed by atoms with van der Waals surface area (Å²) >= 11 is 0. The molecule has 0 heterocycles. The Morgan fingerprint density at radius 1 is 0.778 bits per heavy atom. The van der Waals surface area contributed by atoms with Crippen LogP contribution in [0.15, 0.2) is 66.7 Å². The molecule has 36 heavy (non-hydrogen) atoms. The van der Waals surface area contributed by atoms with Crippen molar-refractivity contribution in [3.05, 3.63) is 95.1 Å². The van der Waals surface area contributed by atoms with Crippen LogP contribution in [0.1, 0.15) is 81.4 Å². The van der Waals surface area contributed by atoms with Crippen molar-refractivity contribution in [2.75, 3.05) is 6.61 Å². The Labute approximate surface area is 215 Å². The van der Waals surface area contributed by atoms with Gasteiger partial charge in [0.15, 0.2) is 11.6 Å². The zero-order valence-corrected chi connectivity index (χ0v) is 21.6. The highest BCUT2D eigenvalue weighted by molar-refractivity contribution is 5.64. The summed E-state index contributed by atoms with van der Waals surface area (Å²) in [6, 6.07) is 21.2. The third-order valence-corrected chi connectivity index (χ3v) is 7.43. The lowest BCUT2D eigenvalue weighted by Crippen LogP contribution is -2.11. The summed E-state index contributed by atoms with van der Waals surface area (Å²) in [6.45, 7) is 4.30. The van der Waals surface area contributed by atoms with Crippen LogP contribution in [0.25, 0.3) is 17.2 Å². The first kappa shape index (κ1) is 26.1. The molecule has 1 aliphatic carbocycles. The lowest BCUT2D eigenvalue weighted by atomic mass is 9.78. The van der Waals surface area contributed by atoms with Crippen molar-refractivity contribution in [3.8, 4) is 16.9 Å². The molecule has 0 saturated heterocycles. The fraction of sp³-hybridized carbons (Fsp3) is 0.394. The Bertz CT molecular complexity index is 1120. The molecule has 0 radical (unpaired) electrons. The van der Waals surface area contributed by atoms with E-state index in [1.54, 1.807) is 19.1 Å². The van der Waals surface area contributed by atoms with Gasteiger partial charge in [0.2, 0.25) is 5.82 Å². The van der Waals surface area contributed by atoms with Crippen LogP contribution in [-0.4, -0.2) is 6.61 Å². The third kappa shape index (κ3) is 6.63. The van der Waals surface area contributed by atoms with Crippen molar-refractivity contribution in [3.63, 3.8) is 0 Å². The third-order valence-electron chi connectivity index (χ3n) is 7.43. The molecule has 3 heteroatoms. The minimum atomic E-state index is -0.908. The van der Waals surface area contributed by atoms with E-state index in [2.05, 4.69) is 55.5 Å². The molecule has 0 aliphatic heterocycles. The predicted octanol–water partition coefficient (Wildman–Crippen LogP) is 9.75. The maximum atomic E-state index is 14.4. The van der Waals surface area contributed by atoms with Gasteiger partial charge in [0.1, 0.15) is 0 Å². The first-order valence-corrected chi connectivity index (χ1v) is 13.6. The molecule has 4 rings (SSSR count). The number of rotatable bonds is 10. The van der Waals surface area contributed by atoms with Crippen molar-refractivity contribution < 1.29 is 13.5 Å². The standard InChI is InChI=1S/C33H38F2O/c1-3-5-6-7-24-8-13-26(14-9-24)28-18-20-29(21-19-28)27-15-10-25(11-16-27)12-17-30-22-23-31(36-4-2)33(35)32(30)34/h8-9,12-14,17-23,25,27H,3-7,10-11,15-16H2,1-2H3/b17-12+. The monoisotopic (exact) mass is 488 g/mol. The van der Waals surface area contributed by atoms with Crippen LogP contribution in [0, 0.1) is 17.6 Å². The van der Waals surface area contributed by atoms with Gasteiger partial charge in [-0.1, -0.05) is 80.4 Å². The van der Waals surface area contributed by atoms with Crippen LogP contribution in [0.2, 0.25) is 0 Å². The topological polar surface area (TPSA) is 9.23 Å². The van der Waals surface area contributed by atoms with Crippen LogP contribution in [0.3, 0.4) is 0 Å². The van der Waals surface area contributed by atoms with Crippen LogP contribution >= 0.6 is 0 Å². The van der Waals surface area contributed by atoms with Crippen LogP contribution in [-0.2, 0) is 6.42 Å². The maximum absolute atomic E-state index is 14.4. The molecule has 0 spiro atoms. The van der Waals surface area contributed by atoms with Gasteiger partial charge in [-0.2, -0.15) is 4.39 Å². The van der Waals surface area contributed by atoms with E-state index in [1.807, 2.05) is 6.08 Å². The smallest absolute Gasteiger partial charge is 0.201 e. The molecule has 1 saturated carbocycles. The molecular weight excluding hydrogens is 450 g/mol. The van der Waals surface area contributed by atoms with E-state index < -0.39 is 11.6 Å². The molecule has 0 N–H and O–H groups in total. The predicted molar refractivity (Wildman–Crippen MR) is 146 cm³/mol. The largest absolute Gasteiger partial charge is 0.491 e. The Hall–Kier alpha value is -2.94. The van der Waals surface area contributed by atoms with Crippen molar-refractivity contribution in [1.82, 2.24) is 0 Å². The quantitative estimate of drug-likeness (QED) is 0.258. The summed E-state index contributed by atoms with van der Waals surface area (Å²) in [5, 5.41) is 0. The van der Waals surface area contributed by atoms with E-state index in [4.69, 9.17) is 4.74 Å². The highest BCUT2D eigenvalue weighted by Crippen LogP contribution is 2.37. The molecule has 0 bridgehead atoms. The van der Waals surface area contributed by atoms with E-state index in [9.17, 15) is 8.78 Å². The van der Waals surface area contributed by atoms with Gasteiger partial charge in [-0.05, 0) is 91.7 Å². The van der Waals surface area contributed by atoms with Crippen LogP contribution in [0.5, 0.6) is 5.75 Å². The Balaban J connectivity index is 1.30. The van der Waals surface area contributed by atoms with Gasteiger partial charge in [-0.25, -0.2) is 4.39 Å². The van der Waals surface area contributed by atoms with Gasteiger partial charge >= 0.3 is 0 Å². The highest BCUT2D eigenvalue weighted by Gasteiger charge is 2.21. The van der Waals surface area contributed by atoms with Crippen molar-refractivity contribution in [2.45, 2.75) is 71.1 Å². The number of hydrogen-bond acceptors (Lipinski definition) is 1. The number of allylic oxidation sites excluding steroid dienone is 1. The molecule has 0 amide bonds. The van der Waals surface area contributed by atoms with Gasteiger partial charge in [-0.3, -0.25) is 0 Å². The SMILES string of the molecule is CCCCCc1ccc(-c2ccc(C3CCC(/C=C/c4ccc(OCC)c(F)c4F)CC3)cc2)cc1. The molecule has 1 fully saturated rings. The molecule has 3 aromatic carbocycles. The summed E-state index contributed by atoms with van der Waals surface area (Å²) in [5.41, 5.74) is 5.64. The number of ether oxygens (including phenoxy) is 1. The summed E-state index contributed by atoms with van der Waals surface area (Å²) in [6.07, 6.45) is 13.1. The maximum Gasteiger partial charge on any atom is 0.201 e. The molecule has 190 valence electrons. The fourth-order valence-electron chi connectivity index (χ4n) is 5.22. The summed E-state index contributed by atoms with van der Waals surface area (Å²) < 4.78 is 33.6. The average Bonchev–Trinajstić information content (AvgIpc) is 2.92. The van der Waals surface area contributed by atoms with Crippen LogP contribution < -0.4 is 4.74 Å². The molecule has 1 nitrogen and oxygen atoms in total. The van der Waals surface area contributed by atoms with Gasteiger partial charge in [0, 0.05) is 5.56 Å². The lowest BCUT2D eigenvalue weighted by Gasteiger charge is -2.27. The minimum absolute atomic E-state index is 0.0295. The van der Waals surface area contributed by atoms with Gasteiger partial charge in [0.05, 0.1) is 6.61 Å². The summed E-state index contributed by atoms with van der Waals surface area (Å²) in [5.74, 6) is -0.820. The van der Waals surface area contributed by atoms with Crippen molar-refractivity contribution >= 4 is 6.08 Å². The minimum Gasteiger partial charge on any atom is -0.491 e. The Morgan fingerprint density at radius 2 is 1.44 bits per heavy atom. The van der Waals surface area contributed by atoms with E-state index >= 15 is 0 Å². The second-order valence-electron chi connectivity index (χ2n) is 9.96. The van der Waals surface area contributed by atoms with E-state index in [0.29, 0.717) is 18.4 Å². The second kappa shape index (κ2) is 12.9. The number of benzene rings is 3. The summed E-state index contributed by atoms with van der Waals surface area (Å²) in [7, 11) is 0. The number of aryl methyl sites for hydroxylation is 1. The van der Waals surface area contributed by atoms with Crippen molar-refractivity contribution in [1.29, 1.82) is 0 Å². The Morgan fingerprint density at radius 3 is 2.08 bits per heavy atom.